The van der Waals surface area contributed by atoms with E-state index in [2.05, 4.69) is 6.92 Å². The monoisotopic (exact) mass is 325 g/mol. The fourth-order valence-electron chi connectivity index (χ4n) is 2.97. The maximum Gasteiger partial charge on any atom is 0.339 e. The van der Waals surface area contributed by atoms with Crippen LogP contribution in [-0.2, 0) is 6.42 Å². The molecule has 0 spiro atoms. The van der Waals surface area contributed by atoms with Gasteiger partial charge in [0.1, 0.15) is 11.3 Å². The Bertz CT molecular complexity index is 554. The molecule has 5 nitrogen and oxygen atoms in total. The van der Waals surface area contributed by atoms with Gasteiger partial charge in [-0.3, -0.25) is 4.79 Å². The summed E-state index contributed by atoms with van der Waals surface area (Å²) in [5, 5.41) is 9.76. The van der Waals surface area contributed by atoms with Crippen molar-refractivity contribution in [1.29, 1.82) is 0 Å². The molecule has 2 rings (SSSR count). The highest BCUT2D eigenvalue weighted by molar-refractivity contribution is 7.99. The van der Waals surface area contributed by atoms with Gasteiger partial charge in [-0.2, -0.15) is 11.8 Å². The van der Waals surface area contributed by atoms with E-state index in [0.717, 1.165) is 25.0 Å². The zero-order valence-electron chi connectivity index (χ0n) is 13.3. The van der Waals surface area contributed by atoms with Crippen LogP contribution in [0.1, 0.15) is 59.8 Å². The Morgan fingerprint density at radius 3 is 2.68 bits per heavy atom. The third kappa shape index (κ3) is 3.48. The predicted octanol–water partition coefficient (Wildman–Crippen LogP) is 3.29. The summed E-state index contributed by atoms with van der Waals surface area (Å²) in [6, 6.07) is 1.56. The van der Waals surface area contributed by atoms with Crippen LogP contribution in [0.4, 0.5) is 0 Å². The summed E-state index contributed by atoms with van der Waals surface area (Å²) in [5.74, 6) is 0.296. The van der Waals surface area contributed by atoms with E-state index in [9.17, 15) is 9.59 Å². The lowest BCUT2D eigenvalue weighted by molar-refractivity contribution is 0.0687. The summed E-state index contributed by atoms with van der Waals surface area (Å²) >= 11 is 1.94. The fraction of sp³-hybridized carbons (Fsp3) is 0.625. The Balaban J connectivity index is 2.09. The number of carboxylic acid groups (broad SMARTS) is 1. The number of aryl methyl sites for hydroxylation is 1. The first-order valence-corrected chi connectivity index (χ1v) is 8.77. The van der Waals surface area contributed by atoms with Crippen molar-refractivity contribution in [2.24, 2.45) is 0 Å². The summed E-state index contributed by atoms with van der Waals surface area (Å²) in [6.45, 7) is 3.96. The van der Waals surface area contributed by atoms with Crippen LogP contribution in [0.2, 0.25) is 0 Å². The van der Waals surface area contributed by atoms with Crippen molar-refractivity contribution in [1.82, 2.24) is 4.90 Å². The van der Waals surface area contributed by atoms with Crippen LogP contribution < -0.4 is 0 Å². The zero-order valence-corrected chi connectivity index (χ0v) is 14.1. The Hall–Kier alpha value is -1.43. The second kappa shape index (κ2) is 7.22. The second-order valence-electron chi connectivity index (χ2n) is 5.57. The van der Waals surface area contributed by atoms with Gasteiger partial charge in [0, 0.05) is 30.8 Å². The summed E-state index contributed by atoms with van der Waals surface area (Å²) < 4.78 is 5.46. The molecule has 1 fully saturated rings. The lowest BCUT2D eigenvalue weighted by Gasteiger charge is -2.23. The van der Waals surface area contributed by atoms with Crippen LogP contribution in [0.5, 0.6) is 0 Å². The van der Waals surface area contributed by atoms with E-state index in [1.54, 1.807) is 11.9 Å². The first-order valence-electron chi connectivity index (χ1n) is 7.72. The van der Waals surface area contributed by atoms with Crippen molar-refractivity contribution in [2.45, 2.75) is 50.8 Å². The normalized spacial score (nSPS) is 21.0. The molecule has 1 amide bonds. The summed E-state index contributed by atoms with van der Waals surface area (Å²) in [4.78, 5) is 25.4. The van der Waals surface area contributed by atoms with Crippen LogP contribution in [-0.4, -0.2) is 46.0 Å². The minimum absolute atomic E-state index is 0.0880. The number of rotatable bonds is 6. The van der Waals surface area contributed by atoms with Gasteiger partial charge >= 0.3 is 5.97 Å². The standard InChI is InChI=1S/C16H23NO4S/c1-4-13-12(16(19)20)9-14(21-13)15(18)17(3)10-6-7-11(8-10)22-5-2/h9-11H,4-8H2,1-3H3,(H,19,20). The molecule has 122 valence electrons. The maximum atomic E-state index is 12.5. The van der Waals surface area contributed by atoms with Crippen molar-refractivity contribution in [2.75, 3.05) is 12.8 Å². The second-order valence-corrected chi connectivity index (χ2v) is 7.14. The molecule has 2 unspecified atom stereocenters. The van der Waals surface area contributed by atoms with Gasteiger partial charge in [0.25, 0.3) is 5.91 Å². The van der Waals surface area contributed by atoms with E-state index < -0.39 is 5.97 Å². The SMILES string of the molecule is CCSC1CCC(N(C)C(=O)c2cc(C(=O)O)c(CC)o2)C1. The van der Waals surface area contributed by atoms with Gasteiger partial charge in [-0.15, -0.1) is 0 Å². The van der Waals surface area contributed by atoms with Gasteiger partial charge in [0.05, 0.1) is 0 Å². The van der Waals surface area contributed by atoms with Crippen LogP contribution in [0.15, 0.2) is 10.5 Å². The molecule has 0 bridgehead atoms. The number of aromatic carboxylic acids is 1. The highest BCUT2D eigenvalue weighted by atomic mass is 32.2. The van der Waals surface area contributed by atoms with Crippen molar-refractivity contribution in [3.05, 3.63) is 23.2 Å². The third-order valence-electron chi connectivity index (χ3n) is 4.20. The molecular formula is C16H23NO4S. The number of carbonyl (C=O) groups is 2. The Kier molecular flexibility index (Phi) is 5.56. The number of hydrogen-bond acceptors (Lipinski definition) is 4. The van der Waals surface area contributed by atoms with E-state index in [-0.39, 0.29) is 23.3 Å². The Morgan fingerprint density at radius 1 is 1.41 bits per heavy atom. The van der Waals surface area contributed by atoms with Crippen molar-refractivity contribution in [3.63, 3.8) is 0 Å². The van der Waals surface area contributed by atoms with Gasteiger partial charge in [0.15, 0.2) is 5.76 Å². The molecule has 6 heteroatoms. The van der Waals surface area contributed by atoms with Crippen LogP contribution in [0, 0.1) is 0 Å². The Labute approximate surface area is 135 Å². The topological polar surface area (TPSA) is 70.8 Å². The van der Waals surface area contributed by atoms with E-state index in [4.69, 9.17) is 9.52 Å². The predicted molar refractivity (Wildman–Crippen MR) is 86.7 cm³/mol. The van der Waals surface area contributed by atoms with Crippen LogP contribution in [0.3, 0.4) is 0 Å². The van der Waals surface area contributed by atoms with E-state index in [0.29, 0.717) is 17.4 Å². The van der Waals surface area contributed by atoms with E-state index >= 15 is 0 Å². The number of carbonyl (C=O) groups excluding carboxylic acids is 1. The molecule has 0 aromatic carbocycles. The molecule has 1 aromatic rings. The van der Waals surface area contributed by atoms with Gasteiger partial charge in [-0.25, -0.2) is 4.79 Å². The molecule has 22 heavy (non-hydrogen) atoms. The van der Waals surface area contributed by atoms with Crippen LogP contribution in [0.25, 0.3) is 0 Å². The molecule has 0 aliphatic heterocycles. The molecule has 1 N–H and O–H groups in total. The molecular weight excluding hydrogens is 302 g/mol. The van der Waals surface area contributed by atoms with Crippen molar-refractivity contribution >= 4 is 23.6 Å². The molecule has 1 aromatic heterocycles. The number of carboxylic acids is 1. The first kappa shape index (κ1) is 16.9. The minimum Gasteiger partial charge on any atom is -0.478 e. The molecule has 1 aliphatic rings. The number of thioether (sulfide) groups is 1. The third-order valence-corrected chi connectivity index (χ3v) is 5.43. The molecule has 0 saturated heterocycles. The smallest absolute Gasteiger partial charge is 0.339 e. The number of nitrogens with zero attached hydrogens (tertiary/aromatic N) is 1. The van der Waals surface area contributed by atoms with Crippen LogP contribution >= 0.6 is 11.8 Å². The van der Waals surface area contributed by atoms with Crippen molar-refractivity contribution in [3.8, 4) is 0 Å². The van der Waals surface area contributed by atoms with Gasteiger partial charge in [0.2, 0.25) is 0 Å². The highest BCUT2D eigenvalue weighted by Gasteiger charge is 2.32. The summed E-state index contributed by atoms with van der Waals surface area (Å²) in [6.07, 6.45) is 3.57. The summed E-state index contributed by atoms with van der Waals surface area (Å²) in [5.41, 5.74) is 0.0880. The molecule has 2 atom stereocenters. The van der Waals surface area contributed by atoms with Gasteiger partial charge in [-0.05, 0) is 25.0 Å². The quantitative estimate of drug-likeness (QED) is 0.869. The fourth-order valence-corrected chi connectivity index (χ4v) is 4.11. The number of furan rings is 1. The number of hydrogen-bond donors (Lipinski definition) is 1. The largest absolute Gasteiger partial charge is 0.478 e. The van der Waals surface area contributed by atoms with E-state index in [1.807, 2.05) is 18.7 Å². The zero-order chi connectivity index (χ0) is 16.3. The molecule has 1 aliphatic carbocycles. The first-order chi connectivity index (χ1) is 10.5. The van der Waals surface area contributed by atoms with E-state index in [1.165, 1.54) is 6.07 Å². The number of amides is 1. The highest BCUT2D eigenvalue weighted by Crippen LogP contribution is 2.33. The van der Waals surface area contributed by atoms with Crippen molar-refractivity contribution < 1.29 is 19.1 Å². The van der Waals surface area contributed by atoms with Gasteiger partial charge in [-0.1, -0.05) is 13.8 Å². The average Bonchev–Trinajstić information content (AvgIpc) is 3.12. The lowest BCUT2D eigenvalue weighted by atomic mass is 10.2. The molecule has 1 heterocycles. The minimum atomic E-state index is -1.05. The maximum absolute atomic E-state index is 12.5. The molecule has 1 saturated carbocycles. The summed E-state index contributed by atoms with van der Waals surface area (Å²) in [7, 11) is 1.78. The molecule has 0 radical (unpaired) electrons. The van der Waals surface area contributed by atoms with Gasteiger partial charge < -0.3 is 14.4 Å². The average molecular weight is 325 g/mol. The lowest BCUT2D eigenvalue weighted by Crippen LogP contribution is -2.35. The Morgan fingerprint density at radius 2 is 2.14 bits per heavy atom.